The number of para-hydroxylation sites is 2. The van der Waals surface area contributed by atoms with Crippen molar-refractivity contribution < 1.29 is 4.79 Å². The first-order valence-electron chi connectivity index (χ1n) is 7.44. The molecule has 1 amide bonds. The predicted octanol–water partition coefficient (Wildman–Crippen LogP) is 2.27. The minimum atomic E-state index is 0.0341. The predicted molar refractivity (Wildman–Crippen MR) is 86.6 cm³/mol. The van der Waals surface area contributed by atoms with Crippen LogP contribution in [0.15, 0.2) is 42.7 Å². The van der Waals surface area contributed by atoms with Crippen molar-refractivity contribution in [3.8, 4) is 0 Å². The fourth-order valence-corrected chi connectivity index (χ4v) is 2.65. The summed E-state index contributed by atoms with van der Waals surface area (Å²) in [5.41, 5.74) is 4.28. The summed E-state index contributed by atoms with van der Waals surface area (Å²) in [5.74, 6) is 0.0341. The number of fused-ring (bicyclic) bond motifs is 1. The molecule has 0 bridgehead atoms. The van der Waals surface area contributed by atoms with Crippen molar-refractivity contribution in [1.82, 2.24) is 19.4 Å². The topological polar surface area (TPSA) is 51.9 Å². The fourth-order valence-electron chi connectivity index (χ4n) is 2.65. The van der Waals surface area contributed by atoms with Crippen LogP contribution in [0.5, 0.6) is 0 Å². The van der Waals surface area contributed by atoms with Crippen molar-refractivity contribution in [2.45, 2.75) is 26.9 Å². The lowest BCUT2D eigenvalue weighted by Crippen LogP contribution is -2.30. The molecular weight excluding hydrogens is 276 g/mol. The van der Waals surface area contributed by atoms with E-state index in [4.69, 9.17) is 0 Å². The van der Waals surface area contributed by atoms with Crippen LogP contribution >= 0.6 is 0 Å². The van der Waals surface area contributed by atoms with Crippen molar-refractivity contribution >= 4 is 16.9 Å². The molecule has 3 aromatic rings. The van der Waals surface area contributed by atoms with Crippen LogP contribution in [-0.4, -0.2) is 26.6 Å². The Hall–Kier alpha value is -2.56. The highest BCUT2D eigenvalue weighted by Gasteiger charge is 2.07. The Balaban J connectivity index is 1.56. The van der Waals surface area contributed by atoms with Gasteiger partial charge in [-0.1, -0.05) is 12.1 Å². The highest BCUT2D eigenvalue weighted by Crippen LogP contribution is 2.11. The fraction of sp³-hybridized carbons (Fsp3) is 0.294. The van der Waals surface area contributed by atoms with Gasteiger partial charge in [0.2, 0.25) is 5.91 Å². The third-order valence-electron chi connectivity index (χ3n) is 3.92. The number of amides is 1. The first kappa shape index (κ1) is 14.4. The maximum atomic E-state index is 12.1. The van der Waals surface area contributed by atoms with Crippen molar-refractivity contribution in [3.05, 3.63) is 54.1 Å². The third-order valence-corrected chi connectivity index (χ3v) is 3.92. The summed E-state index contributed by atoms with van der Waals surface area (Å²) in [4.78, 5) is 16.4. The van der Waals surface area contributed by atoms with Gasteiger partial charge in [0.15, 0.2) is 0 Å². The molecule has 1 N–H and O–H groups in total. The van der Waals surface area contributed by atoms with Crippen molar-refractivity contribution in [3.63, 3.8) is 0 Å². The number of aromatic nitrogens is 3. The molecule has 22 heavy (non-hydrogen) atoms. The molecule has 0 aliphatic carbocycles. The van der Waals surface area contributed by atoms with Gasteiger partial charge in [0.05, 0.1) is 17.4 Å². The van der Waals surface area contributed by atoms with Crippen molar-refractivity contribution in [1.29, 1.82) is 0 Å². The van der Waals surface area contributed by atoms with E-state index in [1.54, 1.807) is 0 Å². The van der Waals surface area contributed by atoms with Gasteiger partial charge in [0.1, 0.15) is 6.54 Å². The lowest BCUT2D eigenvalue weighted by atomic mass is 10.3. The molecule has 0 aliphatic heterocycles. The second-order valence-corrected chi connectivity index (χ2v) is 5.48. The summed E-state index contributed by atoms with van der Waals surface area (Å²) in [7, 11) is 0. The molecule has 0 atom stereocenters. The molecule has 0 radical (unpaired) electrons. The minimum absolute atomic E-state index is 0.0341. The monoisotopic (exact) mass is 296 g/mol. The van der Waals surface area contributed by atoms with E-state index in [1.165, 1.54) is 0 Å². The molecule has 2 heterocycles. The van der Waals surface area contributed by atoms with E-state index in [-0.39, 0.29) is 5.91 Å². The maximum Gasteiger partial charge on any atom is 0.239 e. The lowest BCUT2D eigenvalue weighted by Gasteiger charge is -2.10. The second kappa shape index (κ2) is 6.05. The summed E-state index contributed by atoms with van der Waals surface area (Å²) >= 11 is 0. The highest BCUT2D eigenvalue weighted by molar-refractivity contribution is 5.76. The molecule has 114 valence electrons. The summed E-state index contributed by atoms with van der Waals surface area (Å²) in [6.45, 7) is 5.71. The number of hydrogen-bond acceptors (Lipinski definition) is 2. The minimum Gasteiger partial charge on any atom is -0.353 e. The van der Waals surface area contributed by atoms with Gasteiger partial charge in [-0.15, -0.1) is 0 Å². The Morgan fingerprint density at radius 1 is 1.14 bits per heavy atom. The molecule has 0 unspecified atom stereocenters. The van der Waals surface area contributed by atoms with Crippen LogP contribution in [0.2, 0.25) is 0 Å². The van der Waals surface area contributed by atoms with Crippen LogP contribution < -0.4 is 5.32 Å². The Labute approximate surface area is 129 Å². The lowest BCUT2D eigenvalue weighted by molar-refractivity contribution is -0.121. The number of nitrogens with zero attached hydrogens (tertiary/aromatic N) is 3. The second-order valence-electron chi connectivity index (χ2n) is 5.48. The Bertz CT molecular complexity index is 780. The average Bonchev–Trinajstić information content (AvgIpc) is 3.06. The van der Waals surface area contributed by atoms with Crippen LogP contribution in [0.4, 0.5) is 0 Å². The summed E-state index contributed by atoms with van der Waals surface area (Å²) < 4.78 is 4.07. The van der Waals surface area contributed by atoms with Crippen LogP contribution in [0, 0.1) is 13.8 Å². The van der Waals surface area contributed by atoms with Gasteiger partial charge in [-0.3, -0.25) is 4.79 Å². The van der Waals surface area contributed by atoms with Gasteiger partial charge in [-0.05, 0) is 38.1 Å². The van der Waals surface area contributed by atoms with Gasteiger partial charge in [-0.25, -0.2) is 4.98 Å². The Morgan fingerprint density at radius 3 is 2.64 bits per heavy atom. The zero-order valence-corrected chi connectivity index (χ0v) is 12.9. The van der Waals surface area contributed by atoms with E-state index in [1.807, 2.05) is 61.1 Å². The quantitative estimate of drug-likeness (QED) is 0.785. The summed E-state index contributed by atoms with van der Waals surface area (Å²) in [5, 5.41) is 2.97. The maximum absolute atomic E-state index is 12.1. The van der Waals surface area contributed by atoms with Crippen LogP contribution in [0.1, 0.15) is 11.4 Å². The van der Waals surface area contributed by atoms with E-state index in [9.17, 15) is 4.79 Å². The van der Waals surface area contributed by atoms with Crippen LogP contribution in [0.3, 0.4) is 0 Å². The summed E-state index contributed by atoms with van der Waals surface area (Å²) in [6, 6.07) is 12.1. The molecule has 1 aromatic carbocycles. The van der Waals surface area contributed by atoms with Gasteiger partial charge >= 0.3 is 0 Å². The van der Waals surface area contributed by atoms with Crippen molar-refractivity contribution in [2.24, 2.45) is 0 Å². The van der Waals surface area contributed by atoms with Crippen LogP contribution in [-0.2, 0) is 17.9 Å². The van der Waals surface area contributed by atoms with Crippen LogP contribution in [0.25, 0.3) is 11.0 Å². The number of rotatable bonds is 5. The number of imidazole rings is 1. The van der Waals surface area contributed by atoms with E-state index >= 15 is 0 Å². The average molecular weight is 296 g/mol. The Morgan fingerprint density at radius 2 is 1.86 bits per heavy atom. The zero-order chi connectivity index (χ0) is 15.5. The van der Waals surface area contributed by atoms with Gasteiger partial charge < -0.3 is 14.5 Å². The van der Waals surface area contributed by atoms with Crippen molar-refractivity contribution in [2.75, 3.05) is 6.54 Å². The summed E-state index contributed by atoms with van der Waals surface area (Å²) in [6.07, 6.45) is 1.82. The molecule has 5 heteroatoms. The molecule has 0 spiro atoms. The molecule has 5 nitrogen and oxygen atoms in total. The number of aryl methyl sites for hydroxylation is 2. The highest BCUT2D eigenvalue weighted by atomic mass is 16.1. The molecule has 0 saturated heterocycles. The first-order valence-corrected chi connectivity index (χ1v) is 7.44. The van der Waals surface area contributed by atoms with E-state index in [2.05, 4.69) is 14.9 Å². The van der Waals surface area contributed by atoms with E-state index in [0.29, 0.717) is 13.1 Å². The van der Waals surface area contributed by atoms with E-state index < -0.39 is 0 Å². The Kier molecular flexibility index (Phi) is 3.96. The number of nitrogens with one attached hydrogen (secondary N) is 1. The van der Waals surface area contributed by atoms with Gasteiger partial charge in [-0.2, -0.15) is 0 Å². The largest absolute Gasteiger partial charge is 0.353 e. The normalized spacial score (nSPS) is 11.0. The molecule has 3 rings (SSSR count). The smallest absolute Gasteiger partial charge is 0.239 e. The first-order chi connectivity index (χ1) is 10.6. The SMILES string of the molecule is Cc1ccc(C)n1CC(=O)NCCn1cnc2ccccc21. The third kappa shape index (κ3) is 2.88. The number of benzene rings is 1. The number of carbonyl (C=O) groups is 1. The molecule has 0 saturated carbocycles. The molecular formula is C17H20N4O. The van der Waals surface area contributed by atoms with E-state index in [0.717, 1.165) is 29.0 Å². The molecule has 0 fully saturated rings. The number of carbonyl (C=O) groups excluding carboxylic acids is 1. The molecule has 0 aliphatic rings. The van der Waals surface area contributed by atoms with Gasteiger partial charge in [0.25, 0.3) is 0 Å². The standard InChI is InChI=1S/C17H20N4O/c1-13-7-8-14(2)21(13)11-17(22)18-9-10-20-12-19-15-5-3-4-6-16(15)20/h3-8,12H,9-11H2,1-2H3,(H,18,22). The number of hydrogen-bond donors (Lipinski definition) is 1. The molecule has 2 aromatic heterocycles. The van der Waals surface area contributed by atoms with Gasteiger partial charge in [0, 0.05) is 24.5 Å². The zero-order valence-electron chi connectivity index (χ0n) is 12.9.